The first-order chi connectivity index (χ1) is 7.24. The summed E-state index contributed by atoms with van der Waals surface area (Å²) in [7, 11) is 1.62. The van der Waals surface area contributed by atoms with Gasteiger partial charge < -0.3 is 15.0 Å². The molecule has 15 heavy (non-hydrogen) atoms. The number of hydrogen-bond acceptors (Lipinski definition) is 4. The van der Waals surface area contributed by atoms with Crippen LogP contribution in [0, 0.1) is 3.57 Å². The molecule has 5 heteroatoms. The van der Waals surface area contributed by atoms with Crippen molar-refractivity contribution < 1.29 is 9.26 Å². The lowest BCUT2D eigenvalue weighted by molar-refractivity contribution is 0.407. The van der Waals surface area contributed by atoms with Crippen molar-refractivity contribution in [1.82, 2.24) is 5.16 Å². The van der Waals surface area contributed by atoms with Crippen LogP contribution in [0.5, 0.6) is 5.75 Å². The van der Waals surface area contributed by atoms with Crippen molar-refractivity contribution in [3.8, 4) is 17.1 Å². The second-order valence-electron chi connectivity index (χ2n) is 2.91. The maximum Gasteiger partial charge on any atom is 0.186 e. The first kappa shape index (κ1) is 10.3. The fraction of sp³-hybridized carbons (Fsp3) is 0.100. The molecule has 0 aliphatic carbocycles. The zero-order chi connectivity index (χ0) is 10.8. The van der Waals surface area contributed by atoms with Crippen molar-refractivity contribution in [2.45, 2.75) is 0 Å². The van der Waals surface area contributed by atoms with Crippen molar-refractivity contribution in [2.75, 3.05) is 12.8 Å². The Balaban J connectivity index is 2.58. The van der Waals surface area contributed by atoms with Gasteiger partial charge in [-0.25, -0.2) is 0 Å². The van der Waals surface area contributed by atoms with Crippen molar-refractivity contribution in [3.63, 3.8) is 0 Å². The third kappa shape index (κ3) is 1.79. The lowest BCUT2D eigenvalue weighted by Crippen LogP contribution is -1.89. The van der Waals surface area contributed by atoms with Crippen molar-refractivity contribution >= 4 is 28.4 Å². The van der Waals surface area contributed by atoms with E-state index in [4.69, 9.17) is 15.0 Å². The van der Waals surface area contributed by atoms with Gasteiger partial charge in [0.25, 0.3) is 0 Å². The number of halogens is 1. The van der Waals surface area contributed by atoms with E-state index in [9.17, 15) is 0 Å². The van der Waals surface area contributed by atoms with Gasteiger partial charge in [-0.15, -0.1) is 0 Å². The van der Waals surface area contributed by atoms with Gasteiger partial charge in [-0.05, 0) is 34.7 Å². The molecule has 78 valence electrons. The smallest absolute Gasteiger partial charge is 0.186 e. The van der Waals surface area contributed by atoms with Crippen LogP contribution >= 0.6 is 22.6 Å². The second kappa shape index (κ2) is 4.09. The van der Waals surface area contributed by atoms with Crippen LogP contribution in [-0.4, -0.2) is 12.3 Å². The fourth-order valence-electron chi connectivity index (χ4n) is 1.29. The van der Waals surface area contributed by atoms with E-state index in [1.807, 2.05) is 24.3 Å². The molecule has 4 nitrogen and oxygen atoms in total. The Morgan fingerprint density at radius 2 is 2.13 bits per heavy atom. The minimum atomic E-state index is 0.400. The van der Waals surface area contributed by atoms with E-state index in [-0.39, 0.29) is 0 Å². The highest BCUT2D eigenvalue weighted by Crippen LogP contribution is 2.34. The first-order valence-electron chi connectivity index (χ1n) is 4.28. The standard InChI is InChI=1S/C10H9IN2O2/c1-14-7-5-3-2-4-6(7)9-8(11)10(12)13-15-9/h2-5H,1H3,(H2,12,13). The summed E-state index contributed by atoms with van der Waals surface area (Å²) >= 11 is 2.10. The van der Waals surface area contributed by atoms with E-state index in [1.165, 1.54) is 0 Å². The zero-order valence-corrected chi connectivity index (χ0v) is 10.2. The molecule has 0 amide bonds. The molecule has 0 aliphatic rings. The van der Waals surface area contributed by atoms with Gasteiger partial charge in [0, 0.05) is 0 Å². The largest absolute Gasteiger partial charge is 0.496 e. The van der Waals surface area contributed by atoms with Crippen molar-refractivity contribution in [2.24, 2.45) is 0 Å². The van der Waals surface area contributed by atoms with E-state index in [0.29, 0.717) is 11.6 Å². The lowest BCUT2D eigenvalue weighted by atomic mass is 10.1. The molecule has 0 fully saturated rings. The molecule has 1 aromatic heterocycles. The number of anilines is 1. The molecule has 1 heterocycles. The van der Waals surface area contributed by atoms with E-state index < -0.39 is 0 Å². The minimum Gasteiger partial charge on any atom is -0.496 e. The molecule has 0 radical (unpaired) electrons. The number of hydrogen-bond donors (Lipinski definition) is 1. The summed E-state index contributed by atoms with van der Waals surface area (Å²) in [5.41, 5.74) is 6.47. The fourth-order valence-corrected chi connectivity index (χ4v) is 1.78. The summed E-state index contributed by atoms with van der Waals surface area (Å²) in [6.45, 7) is 0. The molecule has 0 bridgehead atoms. The van der Waals surface area contributed by atoms with E-state index in [2.05, 4.69) is 27.7 Å². The number of benzene rings is 1. The highest BCUT2D eigenvalue weighted by Gasteiger charge is 2.16. The predicted octanol–water partition coefficient (Wildman–Crippen LogP) is 2.54. The van der Waals surface area contributed by atoms with Crippen molar-refractivity contribution in [3.05, 3.63) is 27.8 Å². The third-order valence-corrected chi connectivity index (χ3v) is 3.05. The van der Waals surface area contributed by atoms with Gasteiger partial charge in [0.1, 0.15) is 9.32 Å². The van der Waals surface area contributed by atoms with Crippen LogP contribution in [0.4, 0.5) is 5.82 Å². The van der Waals surface area contributed by atoms with Gasteiger partial charge in [0.05, 0.1) is 12.7 Å². The van der Waals surface area contributed by atoms with E-state index >= 15 is 0 Å². The molecule has 0 spiro atoms. The maximum atomic E-state index is 5.62. The Labute approximate surface area is 101 Å². The van der Waals surface area contributed by atoms with Crippen LogP contribution in [0.25, 0.3) is 11.3 Å². The van der Waals surface area contributed by atoms with Gasteiger partial charge in [0.2, 0.25) is 0 Å². The molecule has 0 saturated heterocycles. The van der Waals surface area contributed by atoms with Crippen LogP contribution in [0.15, 0.2) is 28.8 Å². The van der Waals surface area contributed by atoms with Gasteiger partial charge in [0.15, 0.2) is 11.6 Å². The van der Waals surface area contributed by atoms with Crippen molar-refractivity contribution in [1.29, 1.82) is 0 Å². The SMILES string of the molecule is COc1ccccc1-c1onc(N)c1I. The number of nitrogens with two attached hydrogens (primary N) is 1. The summed E-state index contributed by atoms with van der Waals surface area (Å²) < 4.78 is 11.2. The molecule has 2 aromatic rings. The molecule has 1 aromatic carbocycles. The van der Waals surface area contributed by atoms with Crippen LogP contribution in [-0.2, 0) is 0 Å². The number of methoxy groups -OCH3 is 1. The summed E-state index contributed by atoms with van der Waals surface area (Å²) in [4.78, 5) is 0. The third-order valence-electron chi connectivity index (χ3n) is 2.01. The normalized spacial score (nSPS) is 10.3. The Bertz CT molecular complexity index is 482. The molecule has 0 saturated carbocycles. The molecule has 0 unspecified atom stereocenters. The molecule has 0 atom stereocenters. The van der Waals surface area contributed by atoms with E-state index in [1.54, 1.807) is 7.11 Å². The first-order valence-corrected chi connectivity index (χ1v) is 5.36. The van der Waals surface area contributed by atoms with E-state index in [0.717, 1.165) is 14.9 Å². The number of nitrogen functional groups attached to an aromatic ring is 1. The minimum absolute atomic E-state index is 0.400. The van der Waals surface area contributed by atoms with Gasteiger partial charge in [-0.3, -0.25) is 0 Å². The number of aromatic nitrogens is 1. The van der Waals surface area contributed by atoms with Crippen LogP contribution in [0.3, 0.4) is 0 Å². The second-order valence-corrected chi connectivity index (χ2v) is 3.99. The zero-order valence-electron chi connectivity index (χ0n) is 8.03. The number of ether oxygens (including phenoxy) is 1. The summed E-state index contributed by atoms with van der Waals surface area (Å²) in [6.07, 6.45) is 0. The molecular formula is C10H9IN2O2. The Hall–Kier alpha value is -1.24. The monoisotopic (exact) mass is 316 g/mol. The Kier molecular flexibility index (Phi) is 2.81. The molecule has 2 rings (SSSR count). The van der Waals surface area contributed by atoms with Gasteiger partial charge >= 0.3 is 0 Å². The summed E-state index contributed by atoms with van der Waals surface area (Å²) in [5, 5.41) is 3.71. The number of para-hydroxylation sites is 1. The lowest BCUT2D eigenvalue weighted by Gasteiger charge is -2.04. The maximum absolute atomic E-state index is 5.62. The topological polar surface area (TPSA) is 61.3 Å². The quantitative estimate of drug-likeness (QED) is 0.865. The highest BCUT2D eigenvalue weighted by atomic mass is 127. The summed E-state index contributed by atoms with van der Waals surface area (Å²) in [6, 6.07) is 7.58. The van der Waals surface area contributed by atoms with Gasteiger partial charge in [-0.1, -0.05) is 17.3 Å². The van der Waals surface area contributed by atoms with Crippen LogP contribution in [0.2, 0.25) is 0 Å². The molecule has 0 aliphatic heterocycles. The van der Waals surface area contributed by atoms with Gasteiger partial charge in [-0.2, -0.15) is 0 Å². The molecular weight excluding hydrogens is 307 g/mol. The average molecular weight is 316 g/mol. The Morgan fingerprint density at radius 3 is 2.73 bits per heavy atom. The predicted molar refractivity (Wildman–Crippen MR) is 65.6 cm³/mol. The van der Waals surface area contributed by atoms with Crippen LogP contribution < -0.4 is 10.5 Å². The van der Waals surface area contributed by atoms with Crippen LogP contribution in [0.1, 0.15) is 0 Å². The summed E-state index contributed by atoms with van der Waals surface area (Å²) in [5.74, 6) is 1.79. The molecule has 2 N–H and O–H groups in total. The Morgan fingerprint density at radius 1 is 1.40 bits per heavy atom. The number of nitrogens with zero attached hydrogens (tertiary/aromatic N) is 1. The highest BCUT2D eigenvalue weighted by molar-refractivity contribution is 14.1. The number of rotatable bonds is 2. The average Bonchev–Trinajstić information content (AvgIpc) is 2.60.